The Hall–Kier alpha value is -1.06. The van der Waals surface area contributed by atoms with E-state index in [0.29, 0.717) is 16.5 Å². The molecule has 1 N–H and O–H groups in total. The van der Waals surface area contributed by atoms with Gasteiger partial charge in [0.2, 0.25) is 0 Å². The van der Waals surface area contributed by atoms with Gasteiger partial charge >= 0.3 is 0 Å². The summed E-state index contributed by atoms with van der Waals surface area (Å²) in [5.41, 5.74) is 0.642. The number of aliphatic hydroxyl groups is 1. The topological polar surface area (TPSA) is 46.3 Å². The van der Waals surface area contributed by atoms with Crippen molar-refractivity contribution in [2.75, 3.05) is 0 Å². The molecule has 2 rings (SSSR count). The molecule has 0 fully saturated rings. The van der Waals surface area contributed by atoms with E-state index in [1.165, 1.54) is 6.20 Å². The Kier molecular flexibility index (Phi) is 1.75. The van der Waals surface area contributed by atoms with Gasteiger partial charge in [-0.15, -0.1) is 0 Å². The highest BCUT2D eigenvalue weighted by atomic mass is 35.5. The van der Waals surface area contributed by atoms with E-state index in [4.69, 9.17) is 21.1 Å². The molecule has 0 atom stereocenters. The molecule has 4 heteroatoms. The molecule has 0 amide bonds. The van der Waals surface area contributed by atoms with Gasteiger partial charge < -0.3 is 9.52 Å². The van der Waals surface area contributed by atoms with Crippen LogP contribution in [0.2, 0.25) is 5.15 Å². The van der Waals surface area contributed by atoms with Gasteiger partial charge in [-0.1, -0.05) is 11.6 Å². The first-order chi connectivity index (χ1) is 5.79. The van der Waals surface area contributed by atoms with E-state index in [1.54, 1.807) is 12.1 Å². The lowest BCUT2D eigenvalue weighted by molar-refractivity contribution is 0.251. The Labute approximate surface area is 73.6 Å². The minimum atomic E-state index is -0.105. The molecule has 0 bridgehead atoms. The third-order valence-corrected chi connectivity index (χ3v) is 1.78. The number of aromatic nitrogens is 1. The fourth-order valence-electron chi connectivity index (χ4n) is 1.05. The first kappa shape index (κ1) is 7.58. The molecule has 0 saturated heterocycles. The summed E-state index contributed by atoms with van der Waals surface area (Å²) in [6.07, 6.45) is 1.54. The van der Waals surface area contributed by atoms with E-state index in [1.807, 2.05) is 0 Å². The summed E-state index contributed by atoms with van der Waals surface area (Å²) in [4.78, 5) is 3.84. The van der Waals surface area contributed by atoms with Crippen LogP contribution in [0.4, 0.5) is 0 Å². The highest BCUT2D eigenvalue weighted by Gasteiger charge is 2.02. The fraction of sp³-hybridized carbons (Fsp3) is 0.125. The van der Waals surface area contributed by atoms with Gasteiger partial charge in [0, 0.05) is 5.39 Å². The molecular formula is C8H6ClNO2. The molecule has 62 valence electrons. The van der Waals surface area contributed by atoms with Crippen molar-refractivity contribution in [3.05, 3.63) is 29.2 Å². The summed E-state index contributed by atoms with van der Waals surface area (Å²) in [6.45, 7) is -0.105. The maximum Gasteiger partial charge on any atom is 0.152 e. The number of rotatable bonds is 1. The van der Waals surface area contributed by atoms with Crippen LogP contribution >= 0.6 is 11.6 Å². The second-order valence-corrected chi connectivity index (χ2v) is 2.80. The minimum Gasteiger partial charge on any atom is -0.457 e. The van der Waals surface area contributed by atoms with Gasteiger partial charge in [-0.3, -0.25) is 0 Å². The summed E-state index contributed by atoms with van der Waals surface area (Å²) >= 11 is 5.66. The van der Waals surface area contributed by atoms with Crippen LogP contribution in [0.15, 0.2) is 22.7 Å². The summed E-state index contributed by atoms with van der Waals surface area (Å²) in [5.74, 6) is 0.522. The Morgan fingerprint density at radius 2 is 2.33 bits per heavy atom. The highest BCUT2D eigenvalue weighted by Crippen LogP contribution is 2.20. The number of nitrogens with zero attached hydrogens (tertiary/aromatic N) is 1. The quantitative estimate of drug-likeness (QED) is 0.688. The van der Waals surface area contributed by atoms with Crippen LogP contribution in [-0.2, 0) is 6.61 Å². The number of fused-ring (bicyclic) bond motifs is 1. The van der Waals surface area contributed by atoms with Gasteiger partial charge in [0.05, 0.1) is 6.20 Å². The van der Waals surface area contributed by atoms with Crippen molar-refractivity contribution in [3.8, 4) is 0 Å². The first-order valence-electron chi connectivity index (χ1n) is 3.44. The first-order valence-corrected chi connectivity index (χ1v) is 3.82. The third-order valence-electron chi connectivity index (χ3n) is 1.58. The molecule has 12 heavy (non-hydrogen) atoms. The standard InChI is InChI=1S/C8H6ClNO2/c9-8-2-5-1-6(4-11)12-7(5)3-10-8/h1-3,11H,4H2. The molecule has 0 aliphatic heterocycles. The van der Waals surface area contributed by atoms with Crippen LogP contribution in [0.5, 0.6) is 0 Å². The lowest BCUT2D eigenvalue weighted by Crippen LogP contribution is -1.72. The highest BCUT2D eigenvalue weighted by molar-refractivity contribution is 6.30. The number of halogens is 1. The summed E-state index contributed by atoms with van der Waals surface area (Å²) in [7, 11) is 0. The van der Waals surface area contributed by atoms with Crippen LogP contribution in [0.3, 0.4) is 0 Å². The molecule has 0 aliphatic rings. The molecule has 0 radical (unpaired) electrons. The molecular weight excluding hydrogens is 178 g/mol. The van der Waals surface area contributed by atoms with Gasteiger partial charge in [-0.25, -0.2) is 4.98 Å². The lowest BCUT2D eigenvalue weighted by atomic mass is 10.3. The van der Waals surface area contributed by atoms with Gasteiger partial charge in [-0.05, 0) is 12.1 Å². The molecule has 0 aliphatic carbocycles. The van der Waals surface area contributed by atoms with Crippen LogP contribution in [-0.4, -0.2) is 10.1 Å². The Morgan fingerprint density at radius 1 is 1.50 bits per heavy atom. The Bertz CT molecular complexity index is 410. The molecule has 0 unspecified atom stereocenters. The summed E-state index contributed by atoms with van der Waals surface area (Å²) < 4.78 is 5.20. The number of furan rings is 1. The largest absolute Gasteiger partial charge is 0.457 e. The maximum atomic E-state index is 8.76. The molecule has 2 heterocycles. The normalized spacial score (nSPS) is 10.8. The average Bonchev–Trinajstić information content (AvgIpc) is 2.46. The summed E-state index contributed by atoms with van der Waals surface area (Å²) in [5, 5.41) is 10.0. The van der Waals surface area contributed by atoms with Crippen molar-refractivity contribution in [3.63, 3.8) is 0 Å². The van der Waals surface area contributed by atoms with E-state index < -0.39 is 0 Å². The van der Waals surface area contributed by atoms with E-state index >= 15 is 0 Å². The Morgan fingerprint density at radius 3 is 3.08 bits per heavy atom. The zero-order valence-corrected chi connectivity index (χ0v) is 6.88. The lowest BCUT2D eigenvalue weighted by Gasteiger charge is -1.86. The number of aliphatic hydroxyl groups excluding tert-OH is 1. The zero-order chi connectivity index (χ0) is 8.55. The Balaban J connectivity index is 2.67. The van der Waals surface area contributed by atoms with E-state index in [9.17, 15) is 0 Å². The van der Waals surface area contributed by atoms with Crippen molar-refractivity contribution in [1.29, 1.82) is 0 Å². The number of hydrogen-bond acceptors (Lipinski definition) is 3. The van der Waals surface area contributed by atoms with E-state index in [0.717, 1.165) is 5.39 Å². The van der Waals surface area contributed by atoms with Crippen molar-refractivity contribution in [2.45, 2.75) is 6.61 Å². The second kappa shape index (κ2) is 2.77. The predicted molar refractivity (Wildman–Crippen MR) is 44.9 cm³/mol. The number of pyridine rings is 1. The molecule has 0 aromatic carbocycles. The summed E-state index contributed by atoms with van der Waals surface area (Å²) in [6, 6.07) is 3.43. The monoisotopic (exact) mass is 183 g/mol. The van der Waals surface area contributed by atoms with Crippen LogP contribution < -0.4 is 0 Å². The molecule has 0 saturated carbocycles. The van der Waals surface area contributed by atoms with Crippen LogP contribution in [0.1, 0.15) is 5.76 Å². The SMILES string of the molecule is OCc1cc2cc(Cl)ncc2o1. The fourth-order valence-corrected chi connectivity index (χ4v) is 1.22. The predicted octanol–water partition coefficient (Wildman–Crippen LogP) is 1.97. The second-order valence-electron chi connectivity index (χ2n) is 2.42. The average molecular weight is 184 g/mol. The molecule has 2 aromatic rings. The van der Waals surface area contributed by atoms with E-state index in [2.05, 4.69) is 4.98 Å². The van der Waals surface area contributed by atoms with Crippen LogP contribution in [0, 0.1) is 0 Å². The maximum absolute atomic E-state index is 8.76. The van der Waals surface area contributed by atoms with E-state index in [-0.39, 0.29) is 6.61 Å². The molecule has 2 aromatic heterocycles. The third kappa shape index (κ3) is 1.17. The molecule has 0 spiro atoms. The van der Waals surface area contributed by atoms with Crippen molar-refractivity contribution >= 4 is 22.6 Å². The van der Waals surface area contributed by atoms with Crippen molar-refractivity contribution < 1.29 is 9.52 Å². The van der Waals surface area contributed by atoms with Crippen molar-refractivity contribution in [1.82, 2.24) is 4.98 Å². The van der Waals surface area contributed by atoms with Crippen LogP contribution in [0.25, 0.3) is 11.0 Å². The number of hydrogen-bond donors (Lipinski definition) is 1. The smallest absolute Gasteiger partial charge is 0.152 e. The minimum absolute atomic E-state index is 0.105. The van der Waals surface area contributed by atoms with Crippen molar-refractivity contribution in [2.24, 2.45) is 0 Å². The van der Waals surface area contributed by atoms with Gasteiger partial charge in [0.1, 0.15) is 17.5 Å². The van der Waals surface area contributed by atoms with Gasteiger partial charge in [0.15, 0.2) is 5.58 Å². The molecule has 3 nitrogen and oxygen atoms in total. The zero-order valence-electron chi connectivity index (χ0n) is 6.12. The van der Waals surface area contributed by atoms with Gasteiger partial charge in [0.25, 0.3) is 0 Å². The van der Waals surface area contributed by atoms with Gasteiger partial charge in [-0.2, -0.15) is 0 Å².